The molecule has 2 rings (SSSR count). The molecule has 1 amide bonds. The first-order valence-corrected chi connectivity index (χ1v) is 9.68. The molecule has 0 bridgehead atoms. The molecule has 0 saturated carbocycles. The van der Waals surface area contributed by atoms with Gasteiger partial charge in [0.25, 0.3) is 0 Å². The number of carbonyl (C=O) groups is 1. The fourth-order valence-corrected chi connectivity index (χ4v) is 3.40. The van der Waals surface area contributed by atoms with E-state index in [1.54, 1.807) is 41.7 Å². The fraction of sp³-hybridized carbons (Fsp3) is 0.412. The number of amides is 1. The second-order valence-corrected chi connectivity index (χ2v) is 7.53. The van der Waals surface area contributed by atoms with E-state index in [9.17, 15) is 4.79 Å². The molecule has 2 N–H and O–H groups in total. The van der Waals surface area contributed by atoms with Crippen molar-refractivity contribution in [3.05, 3.63) is 44.8 Å². The molecule has 0 aliphatic heterocycles. The normalized spacial score (nSPS) is 10.2. The lowest BCUT2D eigenvalue weighted by molar-refractivity contribution is -0.127. The van der Waals surface area contributed by atoms with Crippen LogP contribution in [0.4, 0.5) is 0 Å². The molecule has 130 valence electrons. The predicted molar refractivity (Wildman–Crippen MR) is 103 cm³/mol. The van der Waals surface area contributed by atoms with Gasteiger partial charge in [-0.3, -0.25) is 4.79 Å². The van der Waals surface area contributed by atoms with Gasteiger partial charge in [-0.2, -0.15) is 0 Å². The van der Waals surface area contributed by atoms with Gasteiger partial charge < -0.3 is 15.5 Å². The van der Waals surface area contributed by atoms with Crippen molar-refractivity contribution in [3.8, 4) is 0 Å². The Hall–Kier alpha value is -1.86. The zero-order chi connectivity index (χ0) is 17.2. The molecular formula is C17H24N4OS2. The average Bonchev–Trinajstić information content (AvgIpc) is 3.25. The van der Waals surface area contributed by atoms with Gasteiger partial charge >= 0.3 is 0 Å². The molecule has 2 heterocycles. The molecule has 0 unspecified atom stereocenters. The summed E-state index contributed by atoms with van der Waals surface area (Å²) in [6, 6.07) is 8.37. The van der Waals surface area contributed by atoms with Crippen LogP contribution in [0.1, 0.15) is 9.75 Å². The molecule has 5 nitrogen and oxygen atoms in total. The summed E-state index contributed by atoms with van der Waals surface area (Å²) in [4.78, 5) is 20.4. The van der Waals surface area contributed by atoms with E-state index in [-0.39, 0.29) is 12.5 Å². The molecule has 0 spiro atoms. The second-order valence-electron chi connectivity index (χ2n) is 5.47. The third kappa shape index (κ3) is 6.72. The van der Waals surface area contributed by atoms with Crippen molar-refractivity contribution in [3.63, 3.8) is 0 Å². The number of hydrogen-bond acceptors (Lipinski definition) is 4. The maximum absolute atomic E-state index is 11.7. The molecule has 7 heteroatoms. The van der Waals surface area contributed by atoms with Crippen molar-refractivity contribution in [1.29, 1.82) is 0 Å². The maximum atomic E-state index is 11.7. The van der Waals surface area contributed by atoms with E-state index in [4.69, 9.17) is 0 Å². The minimum Gasteiger partial charge on any atom is -0.356 e. The quantitative estimate of drug-likeness (QED) is 0.558. The fourth-order valence-electron chi connectivity index (χ4n) is 1.98. The largest absolute Gasteiger partial charge is 0.356 e. The zero-order valence-electron chi connectivity index (χ0n) is 14.1. The monoisotopic (exact) mass is 364 g/mol. The van der Waals surface area contributed by atoms with E-state index in [0.717, 1.165) is 25.9 Å². The van der Waals surface area contributed by atoms with Crippen LogP contribution in [0.15, 0.2) is 40.0 Å². The maximum Gasteiger partial charge on any atom is 0.243 e. The molecule has 24 heavy (non-hydrogen) atoms. The van der Waals surface area contributed by atoms with Gasteiger partial charge in [0.1, 0.15) is 6.54 Å². The van der Waals surface area contributed by atoms with Gasteiger partial charge in [0.05, 0.1) is 0 Å². The van der Waals surface area contributed by atoms with Gasteiger partial charge in [0, 0.05) is 36.9 Å². The highest BCUT2D eigenvalue weighted by Gasteiger charge is 2.05. The van der Waals surface area contributed by atoms with E-state index in [1.807, 2.05) is 0 Å². The summed E-state index contributed by atoms with van der Waals surface area (Å²) in [6.45, 7) is 1.74. The number of aliphatic imine (C=N–C) groups is 1. The van der Waals surface area contributed by atoms with Gasteiger partial charge in [-0.15, -0.1) is 22.7 Å². The Morgan fingerprint density at radius 1 is 1.04 bits per heavy atom. The number of nitrogens with one attached hydrogen (secondary N) is 2. The van der Waals surface area contributed by atoms with E-state index < -0.39 is 0 Å². The van der Waals surface area contributed by atoms with Crippen molar-refractivity contribution in [1.82, 2.24) is 15.5 Å². The van der Waals surface area contributed by atoms with Gasteiger partial charge in [-0.05, 0) is 35.7 Å². The number of nitrogens with zero attached hydrogens (tertiary/aromatic N) is 2. The molecule has 0 aliphatic carbocycles. The minimum absolute atomic E-state index is 0.00684. The van der Waals surface area contributed by atoms with Crippen LogP contribution in [0.5, 0.6) is 0 Å². The molecule has 0 fully saturated rings. The number of hydrogen-bond donors (Lipinski definition) is 2. The highest BCUT2D eigenvalue weighted by atomic mass is 32.1. The van der Waals surface area contributed by atoms with Crippen LogP contribution in [0, 0.1) is 0 Å². The Kier molecular flexibility index (Phi) is 7.77. The van der Waals surface area contributed by atoms with Crippen LogP contribution in [-0.4, -0.2) is 50.5 Å². The average molecular weight is 365 g/mol. The SMILES string of the molecule is CN(C)C(=O)CN=C(NCCc1cccs1)NCCc1cccs1. The highest BCUT2D eigenvalue weighted by molar-refractivity contribution is 7.10. The molecule has 0 aliphatic rings. The van der Waals surface area contributed by atoms with Crippen LogP contribution in [0.25, 0.3) is 0 Å². The van der Waals surface area contributed by atoms with Crippen molar-refractivity contribution < 1.29 is 4.79 Å². The number of carbonyl (C=O) groups excluding carboxylic acids is 1. The summed E-state index contributed by atoms with van der Waals surface area (Å²) in [5.41, 5.74) is 0. The molecular weight excluding hydrogens is 340 g/mol. The van der Waals surface area contributed by atoms with Crippen molar-refractivity contribution in [2.75, 3.05) is 33.7 Å². The number of rotatable bonds is 8. The molecule has 0 aromatic carbocycles. The summed E-state index contributed by atoms with van der Waals surface area (Å²) < 4.78 is 0. The zero-order valence-corrected chi connectivity index (χ0v) is 15.8. The lowest BCUT2D eigenvalue weighted by Gasteiger charge is -2.13. The molecule has 0 saturated heterocycles. The first-order valence-electron chi connectivity index (χ1n) is 7.92. The standard InChI is InChI=1S/C17H24N4OS2/c1-21(2)16(22)13-20-17(18-9-7-14-5-3-11-23-14)19-10-8-15-6-4-12-24-15/h3-6,11-12H,7-10,13H2,1-2H3,(H2,18,19,20). The number of guanidine groups is 1. The van der Waals surface area contributed by atoms with Crippen molar-refractivity contribution in [2.24, 2.45) is 4.99 Å². The summed E-state index contributed by atoms with van der Waals surface area (Å²) >= 11 is 3.51. The van der Waals surface area contributed by atoms with E-state index in [0.29, 0.717) is 5.96 Å². The summed E-state index contributed by atoms with van der Waals surface area (Å²) in [5, 5.41) is 10.8. The molecule has 2 aromatic heterocycles. The predicted octanol–water partition coefficient (Wildman–Crippen LogP) is 2.22. The van der Waals surface area contributed by atoms with E-state index in [2.05, 4.69) is 50.7 Å². The summed E-state index contributed by atoms with van der Waals surface area (Å²) in [7, 11) is 3.48. The first kappa shape index (κ1) is 18.5. The van der Waals surface area contributed by atoms with Crippen LogP contribution in [0.3, 0.4) is 0 Å². The Bertz CT molecular complexity index is 579. The smallest absolute Gasteiger partial charge is 0.243 e. The van der Waals surface area contributed by atoms with Crippen LogP contribution >= 0.6 is 22.7 Å². The third-order valence-electron chi connectivity index (χ3n) is 3.36. The molecule has 0 radical (unpaired) electrons. The lowest BCUT2D eigenvalue weighted by Crippen LogP contribution is -2.40. The van der Waals surface area contributed by atoms with E-state index in [1.165, 1.54) is 9.75 Å². The van der Waals surface area contributed by atoms with E-state index >= 15 is 0 Å². The van der Waals surface area contributed by atoms with Crippen LogP contribution < -0.4 is 10.6 Å². The molecule has 2 aromatic rings. The second kappa shape index (κ2) is 10.1. The molecule has 0 atom stereocenters. The highest BCUT2D eigenvalue weighted by Crippen LogP contribution is 2.09. The number of thiophene rings is 2. The Labute approximate surface area is 151 Å². The lowest BCUT2D eigenvalue weighted by atomic mass is 10.3. The topological polar surface area (TPSA) is 56.7 Å². The van der Waals surface area contributed by atoms with Crippen LogP contribution in [-0.2, 0) is 17.6 Å². The Morgan fingerprint density at radius 3 is 2.00 bits per heavy atom. The third-order valence-corrected chi connectivity index (χ3v) is 5.23. The Morgan fingerprint density at radius 2 is 1.58 bits per heavy atom. The summed E-state index contributed by atoms with van der Waals surface area (Å²) in [5.74, 6) is 0.686. The van der Waals surface area contributed by atoms with Gasteiger partial charge in [-0.1, -0.05) is 12.1 Å². The minimum atomic E-state index is -0.00684. The first-order chi connectivity index (χ1) is 11.6. The number of likely N-dealkylation sites (N-methyl/N-ethyl adjacent to an activating group) is 1. The van der Waals surface area contributed by atoms with Gasteiger partial charge in [0.2, 0.25) is 5.91 Å². The Balaban J connectivity index is 1.82. The summed E-state index contributed by atoms with van der Waals surface area (Å²) in [6.07, 6.45) is 1.90. The van der Waals surface area contributed by atoms with Crippen molar-refractivity contribution in [2.45, 2.75) is 12.8 Å². The van der Waals surface area contributed by atoms with Gasteiger partial charge in [-0.25, -0.2) is 4.99 Å². The van der Waals surface area contributed by atoms with Crippen LogP contribution in [0.2, 0.25) is 0 Å². The van der Waals surface area contributed by atoms with Gasteiger partial charge in [0.15, 0.2) is 5.96 Å². The van der Waals surface area contributed by atoms with Crippen molar-refractivity contribution >= 4 is 34.5 Å².